The van der Waals surface area contributed by atoms with Crippen LogP contribution in [0.4, 0.5) is 0 Å². The first kappa shape index (κ1) is 16.0. The van der Waals surface area contributed by atoms with Crippen LogP contribution in [0.3, 0.4) is 0 Å². The summed E-state index contributed by atoms with van der Waals surface area (Å²) < 4.78 is 5.17. The molecule has 0 radical (unpaired) electrons. The average molecular weight is 336 g/mol. The van der Waals surface area contributed by atoms with E-state index in [0.717, 1.165) is 22.4 Å². The largest absolute Gasteiger partial charge is 0.497 e. The Kier molecular flexibility index (Phi) is 4.45. The molecule has 24 heavy (non-hydrogen) atoms. The van der Waals surface area contributed by atoms with Crippen molar-refractivity contribution in [1.82, 2.24) is 9.97 Å². The molecule has 1 aromatic heterocycles. The van der Waals surface area contributed by atoms with E-state index in [1.165, 1.54) is 0 Å². The molecule has 0 unspecified atom stereocenters. The van der Waals surface area contributed by atoms with Crippen molar-refractivity contribution in [3.63, 3.8) is 0 Å². The Morgan fingerprint density at radius 1 is 0.958 bits per heavy atom. The molecule has 0 spiro atoms. The number of benzene rings is 2. The fourth-order valence-electron chi connectivity index (χ4n) is 2.32. The van der Waals surface area contributed by atoms with Crippen molar-refractivity contribution in [2.24, 2.45) is 0 Å². The summed E-state index contributed by atoms with van der Waals surface area (Å²) in [6.07, 6.45) is 0. The van der Waals surface area contributed by atoms with E-state index in [4.69, 9.17) is 16.3 Å². The summed E-state index contributed by atoms with van der Waals surface area (Å²) in [5, 5.41) is 9.57. The van der Waals surface area contributed by atoms with Crippen molar-refractivity contribution in [2.75, 3.05) is 7.11 Å². The Bertz CT molecular complexity index is 913. The molecule has 2 aromatic carbocycles. The molecule has 3 rings (SSSR count). The number of methoxy groups -OCH3 is 1. The van der Waals surface area contributed by atoms with E-state index in [9.17, 15) is 5.26 Å². The molecule has 0 aliphatic carbocycles. The number of nitrogens with zero attached hydrogens (tertiary/aromatic N) is 3. The van der Waals surface area contributed by atoms with Crippen LogP contribution in [0.25, 0.3) is 22.6 Å². The second-order valence-electron chi connectivity index (χ2n) is 5.27. The molecule has 0 saturated carbocycles. The van der Waals surface area contributed by atoms with E-state index in [-0.39, 0.29) is 10.7 Å². The maximum Gasteiger partial charge on any atom is 0.161 e. The first-order valence-corrected chi connectivity index (χ1v) is 7.69. The first-order chi connectivity index (χ1) is 11.6. The summed E-state index contributed by atoms with van der Waals surface area (Å²) in [5.41, 5.74) is 3.55. The van der Waals surface area contributed by atoms with Gasteiger partial charge in [0.2, 0.25) is 0 Å². The predicted molar refractivity (Wildman–Crippen MR) is 93.9 cm³/mol. The van der Waals surface area contributed by atoms with Gasteiger partial charge in [0.25, 0.3) is 0 Å². The number of halogens is 1. The minimum absolute atomic E-state index is 0.147. The molecule has 0 amide bonds. The van der Waals surface area contributed by atoms with Crippen LogP contribution in [0.2, 0.25) is 5.15 Å². The van der Waals surface area contributed by atoms with Crippen LogP contribution in [0.1, 0.15) is 11.1 Å². The summed E-state index contributed by atoms with van der Waals surface area (Å²) in [4.78, 5) is 8.84. The Morgan fingerprint density at radius 2 is 1.58 bits per heavy atom. The molecule has 0 atom stereocenters. The van der Waals surface area contributed by atoms with Gasteiger partial charge in [0.15, 0.2) is 11.0 Å². The van der Waals surface area contributed by atoms with Crippen LogP contribution in [-0.4, -0.2) is 17.1 Å². The van der Waals surface area contributed by atoms with Crippen LogP contribution in [0, 0.1) is 18.3 Å². The molecule has 0 N–H and O–H groups in total. The number of aromatic nitrogens is 2. The summed E-state index contributed by atoms with van der Waals surface area (Å²) >= 11 is 6.23. The third kappa shape index (κ3) is 3.08. The number of aryl methyl sites for hydroxylation is 1. The molecule has 0 aliphatic rings. The van der Waals surface area contributed by atoms with E-state index in [1.54, 1.807) is 7.11 Å². The van der Waals surface area contributed by atoms with Gasteiger partial charge in [-0.15, -0.1) is 0 Å². The maximum atomic E-state index is 9.42. The standard InChI is InChI=1S/C19H14ClN3O/c1-12-3-5-14(6-4-12)19-22-17(16(11-21)18(20)23-19)13-7-9-15(24-2)10-8-13/h3-10H,1-2H3. The van der Waals surface area contributed by atoms with Gasteiger partial charge >= 0.3 is 0 Å². The monoisotopic (exact) mass is 335 g/mol. The molecule has 1 heterocycles. The second kappa shape index (κ2) is 6.69. The normalized spacial score (nSPS) is 10.2. The Balaban J connectivity index is 2.16. The van der Waals surface area contributed by atoms with Crippen molar-refractivity contribution in [2.45, 2.75) is 6.92 Å². The number of ether oxygens (including phenoxy) is 1. The average Bonchev–Trinajstić information content (AvgIpc) is 2.61. The van der Waals surface area contributed by atoms with Crippen molar-refractivity contribution < 1.29 is 4.74 Å². The zero-order valence-corrected chi connectivity index (χ0v) is 14.0. The van der Waals surface area contributed by atoms with Gasteiger partial charge in [-0.3, -0.25) is 0 Å². The number of hydrogen-bond donors (Lipinski definition) is 0. The van der Waals surface area contributed by atoms with Gasteiger partial charge in [0, 0.05) is 11.1 Å². The third-order valence-electron chi connectivity index (χ3n) is 3.65. The van der Waals surface area contributed by atoms with E-state index in [1.807, 2.05) is 55.5 Å². The molecule has 0 saturated heterocycles. The first-order valence-electron chi connectivity index (χ1n) is 7.31. The van der Waals surface area contributed by atoms with E-state index in [0.29, 0.717) is 11.5 Å². The highest BCUT2D eigenvalue weighted by Gasteiger charge is 2.15. The van der Waals surface area contributed by atoms with Crippen molar-refractivity contribution in [3.05, 3.63) is 64.8 Å². The lowest BCUT2D eigenvalue weighted by Gasteiger charge is -2.09. The summed E-state index contributed by atoms with van der Waals surface area (Å²) in [6, 6.07) is 17.3. The van der Waals surface area contributed by atoms with Gasteiger partial charge in [-0.25, -0.2) is 9.97 Å². The number of hydrogen-bond acceptors (Lipinski definition) is 4. The van der Waals surface area contributed by atoms with Crippen molar-refractivity contribution >= 4 is 11.6 Å². The van der Waals surface area contributed by atoms with Crippen molar-refractivity contribution in [1.29, 1.82) is 5.26 Å². The molecule has 4 nitrogen and oxygen atoms in total. The lowest BCUT2D eigenvalue weighted by Crippen LogP contribution is -1.98. The highest BCUT2D eigenvalue weighted by Crippen LogP contribution is 2.30. The van der Waals surface area contributed by atoms with Gasteiger partial charge in [-0.2, -0.15) is 5.26 Å². The van der Waals surface area contributed by atoms with Crippen LogP contribution in [-0.2, 0) is 0 Å². The van der Waals surface area contributed by atoms with E-state index in [2.05, 4.69) is 16.0 Å². The Morgan fingerprint density at radius 3 is 2.17 bits per heavy atom. The second-order valence-corrected chi connectivity index (χ2v) is 5.63. The van der Waals surface area contributed by atoms with E-state index >= 15 is 0 Å². The van der Waals surface area contributed by atoms with Crippen LogP contribution in [0.5, 0.6) is 5.75 Å². The molecule has 0 fully saturated rings. The smallest absolute Gasteiger partial charge is 0.161 e. The zero-order chi connectivity index (χ0) is 17.1. The molecular weight excluding hydrogens is 322 g/mol. The van der Waals surface area contributed by atoms with Crippen LogP contribution in [0.15, 0.2) is 48.5 Å². The highest BCUT2D eigenvalue weighted by atomic mass is 35.5. The third-order valence-corrected chi connectivity index (χ3v) is 3.92. The molecule has 3 aromatic rings. The SMILES string of the molecule is COc1ccc(-c2nc(-c3ccc(C)cc3)nc(Cl)c2C#N)cc1. The highest BCUT2D eigenvalue weighted by molar-refractivity contribution is 6.31. The molecule has 118 valence electrons. The predicted octanol–water partition coefficient (Wildman–Crippen LogP) is 4.65. The van der Waals surface area contributed by atoms with Crippen LogP contribution < -0.4 is 4.74 Å². The van der Waals surface area contributed by atoms with Crippen molar-refractivity contribution in [3.8, 4) is 34.5 Å². The van der Waals surface area contributed by atoms with Crippen LogP contribution >= 0.6 is 11.6 Å². The van der Waals surface area contributed by atoms with Gasteiger partial charge < -0.3 is 4.74 Å². The lowest BCUT2D eigenvalue weighted by atomic mass is 10.1. The molecule has 0 aliphatic heterocycles. The quantitative estimate of drug-likeness (QED) is 0.653. The topological polar surface area (TPSA) is 58.8 Å². The van der Waals surface area contributed by atoms with Gasteiger partial charge in [-0.05, 0) is 31.2 Å². The lowest BCUT2D eigenvalue weighted by molar-refractivity contribution is 0.415. The van der Waals surface area contributed by atoms with Gasteiger partial charge in [-0.1, -0.05) is 41.4 Å². The Labute approximate surface area is 145 Å². The zero-order valence-electron chi connectivity index (χ0n) is 13.2. The summed E-state index contributed by atoms with van der Waals surface area (Å²) in [6.45, 7) is 2.01. The summed E-state index contributed by atoms with van der Waals surface area (Å²) in [5.74, 6) is 1.22. The molecule has 0 bridgehead atoms. The van der Waals surface area contributed by atoms with E-state index < -0.39 is 0 Å². The minimum atomic E-state index is 0.147. The Hall–Kier alpha value is -2.90. The molecule has 5 heteroatoms. The number of rotatable bonds is 3. The van der Waals surface area contributed by atoms with Gasteiger partial charge in [0.1, 0.15) is 17.4 Å². The fourth-order valence-corrected chi connectivity index (χ4v) is 2.53. The van der Waals surface area contributed by atoms with Gasteiger partial charge in [0.05, 0.1) is 12.8 Å². The maximum absolute atomic E-state index is 9.42. The fraction of sp³-hybridized carbons (Fsp3) is 0.105. The minimum Gasteiger partial charge on any atom is -0.497 e. The number of nitriles is 1. The molecular formula is C19H14ClN3O. The summed E-state index contributed by atoms with van der Waals surface area (Å²) in [7, 11) is 1.60.